The number of nitrogens with one attached hydrogen (secondary N) is 2. The third-order valence-corrected chi connectivity index (χ3v) is 14.9. The van der Waals surface area contributed by atoms with Gasteiger partial charge in [0.1, 0.15) is 5.82 Å². The Bertz CT molecular complexity index is 2180. The van der Waals surface area contributed by atoms with Gasteiger partial charge in [0.2, 0.25) is 17.7 Å². The fourth-order valence-corrected chi connectivity index (χ4v) is 11.0. The molecule has 338 valence electrons. The van der Waals surface area contributed by atoms with Crippen LogP contribution in [0.1, 0.15) is 101 Å². The monoisotopic (exact) mass is 888 g/mol. The molecule has 4 fully saturated rings. The fourth-order valence-electron chi connectivity index (χ4n) is 10.0. The number of pyridine rings is 2. The number of piperazine rings is 1. The van der Waals surface area contributed by atoms with Gasteiger partial charge in [-0.05, 0) is 99.1 Å². The van der Waals surface area contributed by atoms with Gasteiger partial charge in [0.05, 0.1) is 17.4 Å². The first kappa shape index (κ1) is 45.3. The minimum Gasteiger partial charge on any atom is -0.357 e. The molecule has 0 radical (unpaired) electrons. The van der Waals surface area contributed by atoms with Crippen LogP contribution in [-0.4, -0.2) is 137 Å². The number of hydrogen-bond donors (Lipinski definition) is 2. The maximum Gasteiger partial charge on any atom is 0.255 e. The standard InChI is InChI=1S/C49H60N8O6S/c58-42(14-10-35-7-4-20-50-32-35)51-21-2-1-6-34-16-23-57(24-17-34)49(63)36-11-13-41(52-33-36)56-25-18-37(19-26-56)55-29-27-54(28-30-55)22-5-31-64-40-9-3-8-38-44(40)47(61)45(46(38)60)39-12-15-43(59)53-48(39)62/h3-4,7-11,13-14,20,32-34,37,39,45H,1-2,5-6,12,15-19,21-31H2,(H,51,58)(H,53,59,62)/b14-10+. The van der Waals surface area contributed by atoms with Gasteiger partial charge in [-0.1, -0.05) is 31.0 Å². The number of nitrogens with zero attached hydrogens (tertiary/aromatic N) is 6. The van der Waals surface area contributed by atoms with Gasteiger partial charge in [-0.2, -0.15) is 0 Å². The lowest BCUT2D eigenvalue weighted by molar-refractivity contribution is -0.137. The van der Waals surface area contributed by atoms with Crippen LogP contribution in [0.25, 0.3) is 6.08 Å². The summed E-state index contributed by atoms with van der Waals surface area (Å²) in [5, 5.41) is 5.26. The van der Waals surface area contributed by atoms with Crippen LogP contribution in [0.2, 0.25) is 0 Å². The predicted molar refractivity (Wildman–Crippen MR) is 246 cm³/mol. The lowest BCUT2D eigenvalue weighted by Gasteiger charge is -2.43. The first-order chi connectivity index (χ1) is 31.2. The van der Waals surface area contributed by atoms with E-state index < -0.39 is 17.7 Å². The van der Waals surface area contributed by atoms with Gasteiger partial charge < -0.3 is 20.0 Å². The number of amides is 4. The Morgan fingerprint density at radius 2 is 1.64 bits per heavy atom. The molecule has 0 saturated carbocycles. The van der Waals surface area contributed by atoms with Gasteiger partial charge in [-0.25, -0.2) is 4.98 Å². The summed E-state index contributed by atoms with van der Waals surface area (Å²) in [6, 6.07) is 13.6. The van der Waals surface area contributed by atoms with Crippen LogP contribution in [0.15, 0.2) is 72.0 Å². The van der Waals surface area contributed by atoms with Crippen LogP contribution >= 0.6 is 11.8 Å². The fraction of sp³-hybridized carbons (Fsp3) is 0.510. The van der Waals surface area contributed by atoms with Gasteiger partial charge in [0.15, 0.2) is 11.6 Å². The molecule has 4 saturated heterocycles. The molecule has 8 rings (SSSR count). The number of imide groups is 1. The summed E-state index contributed by atoms with van der Waals surface area (Å²) in [5.41, 5.74) is 2.38. The lowest BCUT2D eigenvalue weighted by Crippen LogP contribution is -2.53. The van der Waals surface area contributed by atoms with Gasteiger partial charge in [-0.15, -0.1) is 11.8 Å². The smallest absolute Gasteiger partial charge is 0.255 e. The molecule has 2 atom stereocenters. The molecule has 0 bridgehead atoms. The first-order valence-electron chi connectivity index (χ1n) is 23.2. The van der Waals surface area contributed by atoms with Crippen molar-refractivity contribution in [2.75, 3.05) is 76.1 Å². The molecule has 2 unspecified atom stereocenters. The van der Waals surface area contributed by atoms with E-state index in [0.29, 0.717) is 35.2 Å². The SMILES string of the molecule is O=C(/C=C/c1cccnc1)NCCCCC1CCN(C(=O)c2ccc(N3CCC(N4CCN(CCCSc5cccc6c5C(=O)C(C5CCC(=O)NC5=O)C6=O)CC4)CC3)nc2)CC1. The highest BCUT2D eigenvalue weighted by molar-refractivity contribution is 7.99. The van der Waals surface area contributed by atoms with Gasteiger partial charge in [-0.3, -0.25) is 44.0 Å². The second-order valence-corrected chi connectivity index (χ2v) is 18.9. The Morgan fingerprint density at radius 3 is 2.38 bits per heavy atom. The van der Waals surface area contributed by atoms with E-state index in [2.05, 4.69) is 30.3 Å². The minimum absolute atomic E-state index is 0.0615. The van der Waals surface area contributed by atoms with Crippen molar-refractivity contribution < 1.29 is 28.8 Å². The van der Waals surface area contributed by atoms with Crippen molar-refractivity contribution >= 4 is 58.9 Å². The molecule has 2 aromatic heterocycles. The summed E-state index contributed by atoms with van der Waals surface area (Å²) >= 11 is 1.60. The Labute approximate surface area is 380 Å². The van der Waals surface area contributed by atoms with Crippen LogP contribution in [0, 0.1) is 17.8 Å². The van der Waals surface area contributed by atoms with E-state index in [0.717, 1.165) is 132 Å². The molecule has 15 heteroatoms. The quantitative estimate of drug-likeness (QED) is 0.0641. The summed E-state index contributed by atoms with van der Waals surface area (Å²) in [5.74, 6) is -0.995. The van der Waals surface area contributed by atoms with Crippen molar-refractivity contribution in [1.82, 2.24) is 35.3 Å². The maximum atomic E-state index is 13.5. The Kier molecular flexibility index (Phi) is 15.3. The lowest BCUT2D eigenvalue weighted by atomic mass is 9.82. The number of ketones is 2. The number of rotatable bonds is 16. The zero-order valence-corrected chi connectivity index (χ0v) is 37.4. The van der Waals surface area contributed by atoms with Crippen molar-refractivity contribution in [3.63, 3.8) is 0 Å². The average molecular weight is 889 g/mol. The summed E-state index contributed by atoms with van der Waals surface area (Å²) in [4.78, 5) is 95.5. The van der Waals surface area contributed by atoms with E-state index in [-0.39, 0.29) is 42.1 Å². The zero-order valence-electron chi connectivity index (χ0n) is 36.6. The molecule has 2 N–H and O–H groups in total. The van der Waals surface area contributed by atoms with E-state index in [9.17, 15) is 28.8 Å². The highest BCUT2D eigenvalue weighted by Gasteiger charge is 2.48. The topological polar surface area (TPSA) is 165 Å². The second kappa shape index (κ2) is 21.6. The molecule has 6 heterocycles. The van der Waals surface area contributed by atoms with Crippen LogP contribution in [0.3, 0.4) is 0 Å². The van der Waals surface area contributed by atoms with Crippen LogP contribution in [0.5, 0.6) is 0 Å². The van der Waals surface area contributed by atoms with Gasteiger partial charge in [0, 0.05) is 112 Å². The van der Waals surface area contributed by atoms with Crippen molar-refractivity contribution in [2.45, 2.75) is 75.1 Å². The number of Topliss-reactive ketones (excluding diaryl/α,β-unsaturated/α-hetero) is 2. The number of thioether (sulfide) groups is 1. The number of likely N-dealkylation sites (tertiary alicyclic amines) is 1. The molecule has 1 aromatic carbocycles. The van der Waals surface area contributed by atoms with E-state index in [1.165, 1.54) is 0 Å². The minimum atomic E-state index is -1.04. The van der Waals surface area contributed by atoms with E-state index in [4.69, 9.17) is 4.98 Å². The van der Waals surface area contributed by atoms with E-state index >= 15 is 0 Å². The number of fused-ring (bicyclic) bond motifs is 1. The van der Waals surface area contributed by atoms with Crippen LogP contribution in [-0.2, 0) is 14.4 Å². The van der Waals surface area contributed by atoms with Gasteiger partial charge in [0.25, 0.3) is 5.91 Å². The molecule has 4 aliphatic heterocycles. The van der Waals surface area contributed by atoms with Crippen LogP contribution in [0.4, 0.5) is 5.82 Å². The molecular formula is C49H60N8O6S. The van der Waals surface area contributed by atoms with Crippen molar-refractivity contribution in [2.24, 2.45) is 17.8 Å². The van der Waals surface area contributed by atoms with Crippen molar-refractivity contribution in [1.29, 1.82) is 0 Å². The summed E-state index contributed by atoms with van der Waals surface area (Å²) in [7, 11) is 0. The number of aromatic nitrogens is 2. The Morgan fingerprint density at radius 1 is 0.828 bits per heavy atom. The first-order valence-corrected chi connectivity index (χ1v) is 24.2. The molecular weight excluding hydrogens is 829 g/mol. The van der Waals surface area contributed by atoms with Crippen molar-refractivity contribution in [3.05, 3.63) is 89.4 Å². The molecule has 1 aliphatic carbocycles. The number of hydrogen-bond acceptors (Lipinski definition) is 12. The number of benzene rings is 1. The molecule has 3 aromatic rings. The molecule has 4 amide bonds. The van der Waals surface area contributed by atoms with E-state index in [1.807, 2.05) is 41.3 Å². The summed E-state index contributed by atoms with van der Waals surface area (Å²) in [6.45, 7) is 9.18. The normalized spacial score (nSPS) is 21.7. The average Bonchev–Trinajstić information content (AvgIpc) is 3.58. The molecule has 5 aliphatic rings. The predicted octanol–water partition coefficient (Wildman–Crippen LogP) is 5.15. The number of carbonyl (C=O) groups is 6. The summed E-state index contributed by atoms with van der Waals surface area (Å²) in [6.07, 6.45) is 17.1. The van der Waals surface area contributed by atoms with Crippen LogP contribution < -0.4 is 15.5 Å². The highest BCUT2D eigenvalue weighted by atomic mass is 32.2. The summed E-state index contributed by atoms with van der Waals surface area (Å²) < 4.78 is 0. The second-order valence-electron chi connectivity index (χ2n) is 17.8. The largest absolute Gasteiger partial charge is 0.357 e. The Hall–Kier alpha value is -5.25. The molecule has 14 nitrogen and oxygen atoms in total. The Balaban J connectivity index is 0.688. The number of anilines is 1. The van der Waals surface area contributed by atoms with E-state index in [1.54, 1.807) is 48.6 Å². The van der Waals surface area contributed by atoms with Crippen molar-refractivity contribution in [3.8, 4) is 0 Å². The highest BCUT2D eigenvalue weighted by Crippen LogP contribution is 2.39. The third kappa shape index (κ3) is 11.2. The maximum absolute atomic E-state index is 13.5. The molecule has 64 heavy (non-hydrogen) atoms. The number of piperidine rings is 3. The number of carbonyl (C=O) groups excluding carboxylic acids is 6. The molecule has 0 spiro atoms. The number of unbranched alkanes of at least 4 members (excludes halogenated alkanes) is 1. The third-order valence-electron chi connectivity index (χ3n) is 13.7. The van der Waals surface area contributed by atoms with Gasteiger partial charge >= 0.3 is 0 Å². The zero-order chi connectivity index (χ0) is 44.4.